The lowest BCUT2D eigenvalue weighted by Gasteiger charge is -2.08. The van der Waals surface area contributed by atoms with Crippen LogP contribution in [0.1, 0.15) is 89.0 Å². The predicted octanol–water partition coefficient (Wildman–Crippen LogP) is 28.8. The second-order valence-corrected chi connectivity index (χ2v) is 27.9. The number of benzene rings is 14. The van der Waals surface area contributed by atoms with Crippen LogP contribution < -0.4 is 9.47 Å². The molecule has 0 aliphatic rings. The second-order valence-electron chi connectivity index (χ2n) is 27.9. The van der Waals surface area contributed by atoms with Gasteiger partial charge in [0.2, 0.25) is 0 Å². The number of halogens is 3. The first-order valence-electron chi connectivity index (χ1n) is 36.5. The monoisotopic (exact) mass is 1420 g/mol. The van der Waals surface area contributed by atoms with Crippen LogP contribution in [0.15, 0.2) is 297 Å². The van der Waals surface area contributed by atoms with E-state index < -0.39 is 0 Å². The van der Waals surface area contributed by atoms with Crippen molar-refractivity contribution in [3.8, 4) is 89.4 Å². The van der Waals surface area contributed by atoms with Gasteiger partial charge in [-0.3, -0.25) is 0 Å². The standard InChI is InChI=1S/2C15H16O.2C15H16.3C14H13F/c1-11-4-9-15(12(2)10-11)13-5-7-14(16-3)8-6-13;1-11-7-8-15(12(2)9-11)13-5-4-6-14(10-13)16-3;1-11-4-7-14(8-5-11)15-9-6-12(2)10-13(15)3;1-11-5-4-6-14(10-11)15-8-7-12(2)9-13(15)3;1-10-3-8-14(11(2)9-10)12-4-6-13(15)7-5-12;1-10-6-7-14(11(2)8-10)12-4-3-5-13(15)9-12;1-10-7-8-12(11(2)9-10)13-5-3-4-6-14(13)15/h2*4-10H,1-3H3;2*4-10H,1-3H3;3*3-9H,1-2H3. The molecule has 107 heavy (non-hydrogen) atoms. The summed E-state index contributed by atoms with van der Waals surface area (Å²) in [6, 6.07) is 98.7. The minimum absolute atomic E-state index is 0.163. The second kappa shape index (κ2) is 39.5. The zero-order chi connectivity index (χ0) is 77.3. The largest absolute Gasteiger partial charge is 0.497 e. The number of aryl methyl sites for hydroxylation is 16. The predicted molar refractivity (Wildman–Crippen MR) is 452 cm³/mol. The van der Waals surface area contributed by atoms with Crippen LogP contribution in [0.5, 0.6) is 11.5 Å². The number of hydrogen-bond acceptors (Lipinski definition) is 2. The Hall–Kier alpha value is -11.5. The lowest BCUT2D eigenvalue weighted by Crippen LogP contribution is -1.87. The van der Waals surface area contributed by atoms with Crippen LogP contribution >= 0.6 is 0 Å². The lowest BCUT2D eigenvalue weighted by molar-refractivity contribution is 0.415. The highest BCUT2D eigenvalue weighted by Gasteiger charge is 2.10. The number of rotatable bonds is 9. The third-order valence-electron chi connectivity index (χ3n) is 18.6. The molecule has 14 aromatic carbocycles. The Kier molecular flexibility index (Phi) is 30.0. The van der Waals surface area contributed by atoms with E-state index in [1.54, 1.807) is 32.4 Å². The van der Waals surface area contributed by atoms with Gasteiger partial charge in [0.25, 0.3) is 0 Å². The Morgan fingerprint density at radius 3 is 0.813 bits per heavy atom. The molecule has 0 amide bonds. The molecule has 5 heteroatoms. The average Bonchev–Trinajstić information content (AvgIpc) is 0.890. The van der Waals surface area contributed by atoms with Gasteiger partial charge < -0.3 is 9.47 Å². The molecule has 14 aromatic rings. The van der Waals surface area contributed by atoms with Crippen molar-refractivity contribution in [2.45, 2.75) is 111 Å². The lowest BCUT2D eigenvalue weighted by atomic mass is 9.98. The SMILES string of the molecule is COc1ccc(-c2ccc(C)cc2C)cc1.COc1cccc(-c2ccc(C)cc2C)c1.Cc1ccc(-c2ccc(C)cc2C)cc1.Cc1ccc(-c2ccc(F)cc2)c(C)c1.Cc1ccc(-c2cccc(F)c2)c(C)c1.Cc1ccc(-c2ccccc2F)c(C)c1.Cc1cccc(-c2ccc(C)cc2C)c1. The van der Waals surface area contributed by atoms with E-state index in [4.69, 9.17) is 9.47 Å². The van der Waals surface area contributed by atoms with Crippen molar-refractivity contribution in [1.82, 2.24) is 0 Å². The van der Waals surface area contributed by atoms with Gasteiger partial charge in [-0.15, -0.1) is 0 Å². The van der Waals surface area contributed by atoms with Crippen LogP contribution in [-0.4, -0.2) is 14.2 Å². The molecule has 544 valence electrons. The Morgan fingerprint density at radius 1 is 0.178 bits per heavy atom. The quantitative estimate of drug-likeness (QED) is 0.143. The van der Waals surface area contributed by atoms with Gasteiger partial charge >= 0.3 is 0 Å². The highest BCUT2D eigenvalue weighted by molar-refractivity contribution is 5.73. The van der Waals surface area contributed by atoms with Crippen molar-refractivity contribution < 1.29 is 22.6 Å². The maximum Gasteiger partial charge on any atom is 0.131 e. The third kappa shape index (κ3) is 24.3. The van der Waals surface area contributed by atoms with Crippen molar-refractivity contribution >= 4 is 0 Å². The smallest absolute Gasteiger partial charge is 0.131 e. The summed E-state index contributed by atoms with van der Waals surface area (Å²) in [5.41, 5.74) is 36.6. The Labute approximate surface area is 637 Å². The van der Waals surface area contributed by atoms with Crippen LogP contribution in [0.25, 0.3) is 77.9 Å². The molecule has 0 aliphatic heterocycles. The summed E-state index contributed by atoms with van der Waals surface area (Å²) in [6.45, 7) is 33.7. The first-order valence-corrected chi connectivity index (χ1v) is 36.5. The van der Waals surface area contributed by atoms with Crippen LogP contribution in [0, 0.1) is 128 Å². The zero-order valence-corrected chi connectivity index (χ0v) is 65.7. The normalized spacial score (nSPS) is 10.3. The fourth-order valence-corrected chi connectivity index (χ4v) is 13.0. The maximum absolute atomic E-state index is 13.6. The van der Waals surface area contributed by atoms with Crippen molar-refractivity contribution in [3.05, 3.63) is 404 Å². The molecule has 0 heterocycles. The molecule has 0 radical (unpaired) electrons. The van der Waals surface area contributed by atoms with E-state index in [0.717, 1.165) is 39.3 Å². The van der Waals surface area contributed by atoms with Gasteiger partial charge in [-0.25, -0.2) is 13.2 Å². The van der Waals surface area contributed by atoms with Crippen LogP contribution in [0.4, 0.5) is 13.2 Å². The third-order valence-corrected chi connectivity index (χ3v) is 18.6. The van der Waals surface area contributed by atoms with Crippen molar-refractivity contribution in [1.29, 1.82) is 0 Å². The highest BCUT2D eigenvalue weighted by atomic mass is 19.1. The minimum Gasteiger partial charge on any atom is -0.497 e. The summed E-state index contributed by atoms with van der Waals surface area (Å²) in [7, 11) is 3.38. The van der Waals surface area contributed by atoms with Gasteiger partial charge in [0.05, 0.1) is 14.2 Å². The van der Waals surface area contributed by atoms with E-state index >= 15 is 0 Å². The van der Waals surface area contributed by atoms with E-state index in [0.29, 0.717) is 5.56 Å². The number of methoxy groups -OCH3 is 2. The van der Waals surface area contributed by atoms with Gasteiger partial charge in [-0.05, 0) is 277 Å². The first-order chi connectivity index (χ1) is 51.2. The first kappa shape index (κ1) is 81.1. The van der Waals surface area contributed by atoms with Crippen molar-refractivity contribution in [3.63, 3.8) is 0 Å². The summed E-state index contributed by atoms with van der Waals surface area (Å²) >= 11 is 0. The van der Waals surface area contributed by atoms with Crippen LogP contribution in [0.2, 0.25) is 0 Å². The summed E-state index contributed by atoms with van der Waals surface area (Å²) in [5, 5.41) is 0. The topological polar surface area (TPSA) is 18.5 Å². The Morgan fingerprint density at radius 2 is 0.467 bits per heavy atom. The molecule has 0 atom stereocenters. The molecule has 0 bridgehead atoms. The molecule has 0 saturated heterocycles. The number of ether oxygens (including phenoxy) is 2. The van der Waals surface area contributed by atoms with Gasteiger partial charge in [0.1, 0.15) is 29.0 Å². The molecule has 0 saturated carbocycles. The summed E-state index contributed by atoms with van der Waals surface area (Å²) in [4.78, 5) is 0. The molecular formula is C102H103F3O2. The molecule has 0 fully saturated rings. The van der Waals surface area contributed by atoms with Crippen molar-refractivity contribution in [2.75, 3.05) is 14.2 Å². The zero-order valence-electron chi connectivity index (χ0n) is 65.7. The Bertz CT molecular complexity index is 5030. The van der Waals surface area contributed by atoms with Crippen LogP contribution in [0.3, 0.4) is 0 Å². The van der Waals surface area contributed by atoms with Crippen molar-refractivity contribution in [2.24, 2.45) is 0 Å². The summed E-state index contributed by atoms with van der Waals surface area (Å²) in [5.74, 6) is 1.26. The number of hydrogen-bond donors (Lipinski definition) is 0. The maximum atomic E-state index is 13.6. The molecule has 0 aromatic heterocycles. The molecule has 0 N–H and O–H groups in total. The fraction of sp³-hybridized carbons (Fsp3) is 0.176. The van der Waals surface area contributed by atoms with Crippen LogP contribution in [-0.2, 0) is 0 Å². The van der Waals surface area contributed by atoms with Gasteiger partial charge in [0.15, 0.2) is 0 Å². The summed E-state index contributed by atoms with van der Waals surface area (Å²) in [6.07, 6.45) is 0. The highest BCUT2D eigenvalue weighted by Crippen LogP contribution is 2.32. The van der Waals surface area contributed by atoms with E-state index in [9.17, 15) is 13.2 Å². The molecule has 0 spiro atoms. The molecule has 2 nitrogen and oxygen atoms in total. The Balaban J connectivity index is 0.000000157. The molecule has 0 aliphatic carbocycles. The molecule has 14 rings (SSSR count). The minimum atomic E-state index is -0.191. The van der Waals surface area contributed by atoms with E-state index in [1.807, 2.05) is 99.6 Å². The van der Waals surface area contributed by atoms with Gasteiger partial charge in [0, 0.05) is 5.56 Å². The summed E-state index contributed by atoms with van der Waals surface area (Å²) < 4.78 is 49.8. The van der Waals surface area contributed by atoms with E-state index in [2.05, 4.69) is 266 Å². The fourth-order valence-electron chi connectivity index (χ4n) is 13.0. The average molecular weight is 1420 g/mol. The molecule has 0 unspecified atom stereocenters. The van der Waals surface area contributed by atoms with E-state index in [1.165, 1.54) is 158 Å². The van der Waals surface area contributed by atoms with E-state index in [-0.39, 0.29) is 17.5 Å². The molecular weight excluding hydrogens is 1310 g/mol. The van der Waals surface area contributed by atoms with Gasteiger partial charge in [-0.1, -0.05) is 293 Å². The van der Waals surface area contributed by atoms with Gasteiger partial charge in [-0.2, -0.15) is 0 Å².